The largest absolute Gasteiger partial charge is 0.315 e. The maximum absolute atomic E-state index is 12.0. The summed E-state index contributed by atoms with van der Waals surface area (Å²) in [7, 11) is 0. The third-order valence-electron chi connectivity index (χ3n) is 2.84. The zero-order chi connectivity index (χ0) is 12.3. The molecular weight excluding hydrogens is 234 g/mol. The first-order valence-electron chi connectivity index (χ1n) is 5.80. The van der Waals surface area contributed by atoms with Crippen LogP contribution in [0.5, 0.6) is 0 Å². The van der Waals surface area contributed by atoms with Crippen LogP contribution in [0.1, 0.15) is 26.2 Å². The monoisotopic (exact) mass is 249 g/mol. The maximum Gasteiger partial charge on any atom is 0.259 e. The third-order valence-corrected chi connectivity index (χ3v) is 3.72. The predicted octanol–water partition coefficient (Wildman–Crippen LogP) is 2.82. The molecule has 4 heteroatoms. The van der Waals surface area contributed by atoms with Gasteiger partial charge in [0.15, 0.2) is 0 Å². The lowest BCUT2D eigenvalue weighted by Gasteiger charge is -2.04. The number of thiophene rings is 1. The normalized spacial score (nSPS) is 10.9. The van der Waals surface area contributed by atoms with Crippen molar-refractivity contribution in [2.75, 3.05) is 0 Å². The fraction of sp³-hybridized carbons (Fsp3) is 0.385. The molecular formula is C13H15NO2S. The Bertz CT molecular complexity index is 582. The van der Waals surface area contributed by atoms with Crippen LogP contribution in [0.3, 0.4) is 0 Å². The van der Waals surface area contributed by atoms with Crippen LogP contribution >= 0.6 is 11.3 Å². The van der Waals surface area contributed by atoms with Crippen LogP contribution in [0.15, 0.2) is 28.5 Å². The molecule has 0 aliphatic rings. The molecule has 0 unspecified atom stereocenters. The van der Waals surface area contributed by atoms with Crippen LogP contribution in [0.2, 0.25) is 0 Å². The molecule has 0 amide bonds. The van der Waals surface area contributed by atoms with Gasteiger partial charge in [-0.3, -0.25) is 9.59 Å². The van der Waals surface area contributed by atoms with E-state index in [1.54, 1.807) is 15.9 Å². The molecule has 0 N–H and O–H groups in total. The highest BCUT2D eigenvalue weighted by atomic mass is 32.1. The lowest BCUT2D eigenvalue weighted by atomic mass is 10.2. The van der Waals surface area contributed by atoms with E-state index < -0.39 is 0 Å². The number of Topliss-reactive ketones (excluding diaryl/α,β-unsaturated/α-hetero) is 1. The van der Waals surface area contributed by atoms with Crippen LogP contribution in [-0.4, -0.2) is 10.4 Å². The number of carbonyl (C=O) groups excluding carboxylic acids is 1. The minimum atomic E-state index is 0.0488. The standard InChI is InChI=1S/C13H15NO2S/c1-2-10(15)4-3-7-14-8-5-12-11(13(14)16)6-9-17-12/h5-6,8-9H,2-4,7H2,1H3. The summed E-state index contributed by atoms with van der Waals surface area (Å²) in [6, 6.07) is 3.82. The van der Waals surface area contributed by atoms with Gasteiger partial charge in [0, 0.05) is 30.3 Å². The number of aryl methyl sites for hydroxylation is 1. The first kappa shape index (κ1) is 12.0. The van der Waals surface area contributed by atoms with Gasteiger partial charge in [0.25, 0.3) is 5.56 Å². The Balaban J connectivity index is 2.11. The van der Waals surface area contributed by atoms with Crippen LogP contribution in [-0.2, 0) is 11.3 Å². The average Bonchev–Trinajstić information content (AvgIpc) is 2.81. The molecule has 0 aromatic carbocycles. The maximum atomic E-state index is 12.0. The molecule has 0 saturated carbocycles. The number of carbonyl (C=O) groups is 1. The van der Waals surface area contributed by atoms with Crippen molar-refractivity contribution in [3.8, 4) is 0 Å². The molecule has 0 fully saturated rings. The first-order valence-corrected chi connectivity index (χ1v) is 6.68. The van der Waals surface area contributed by atoms with Gasteiger partial charge in [-0.15, -0.1) is 11.3 Å². The van der Waals surface area contributed by atoms with Gasteiger partial charge in [0.05, 0.1) is 5.39 Å². The minimum Gasteiger partial charge on any atom is -0.315 e. The van der Waals surface area contributed by atoms with Crippen LogP contribution in [0.25, 0.3) is 10.1 Å². The van der Waals surface area contributed by atoms with E-state index in [9.17, 15) is 9.59 Å². The number of hydrogen-bond donors (Lipinski definition) is 0. The van der Waals surface area contributed by atoms with Crippen LogP contribution < -0.4 is 5.56 Å². The van der Waals surface area contributed by atoms with E-state index in [1.807, 2.05) is 30.6 Å². The van der Waals surface area contributed by atoms with Crippen LogP contribution in [0.4, 0.5) is 0 Å². The average molecular weight is 249 g/mol. The van der Waals surface area contributed by atoms with Crippen molar-refractivity contribution in [3.05, 3.63) is 34.1 Å². The van der Waals surface area contributed by atoms with Crippen molar-refractivity contribution in [1.82, 2.24) is 4.57 Å². The SMILES string of the molecule is CCC(=O)CCCn1ccc2sccc2c1=O. The van der Waals surface area contributed by atoms with Gasteiger partial charge in [0.1, 0.15) is 5.78 Å². The number of rotatable bonds is 5. The van der Waals surface area contributed by atoms with E-state index in [2.05, 4.69) is 0 Å². The minimum absolute atomic E-state index is 0.0488. The Kier molecular flexibility index (Phi) is 3.74. The topological polar surface area (TPSA) is 39.1 Å². The van der Waals surface area contributed by atoms with Crippen molar-refractivity contribution in [2.24, 2.45) is 0 Å². The smallest absolute Gasteiger partial charge is 0.259 e. The highest BCUT2D eigenvalue weighted by Gasteiger charge is 2.04. The summed E-state index contributed by atoms with van der Waals surface area (Å²) in [6.07, 6.45) is 3.70. The van der Waals surface area contributed by atoms with Gasteiger partial charge >= 0.3 is 0 Å². The molecule has 17 heavy (non-hydrogen) atoms. The lowest BCUT2D eigenvalue weighted by molar-refractivity contribution is -0.118. The third kappa shape index (κ3) is 2.64. The fourth-order valence-electron chi connectivity index (χ4n) is 1.81. The Hall–Kier alpha value is -1.42. The van der Waals surface area contributed by atoms with Crippen molar-refractivity contribution in [1.29, 1.82) is 0 Å². The van der Waals surface area contributed by atoms with Gasteiger partial charge in [0.2, 0.25) is 0 Å². The van der Waals surface area contributed by atoms with Gasteiger partial charge in [-0.05, 0) is 23.9 Å². The van der Waals surface area contributed by atoms with E-state index >= 15 is 0 Å². The second kappa shape index (κ2) is 5.27. The zero-order valence-electron chi connectivity index (χ0n) is 9.81. The molecule has 0 atom stereocenters. The van der Waals surface area contributed by atoms with E-state index in [0.717, 1.165) is 16.5 Å². The van der Waals surface area contributed by atoms with Gasteiger partial charge in [-0.2, -0.15) is 0 Å². The van der Waals surface area contributed by atoms with Crippen molar-refractivity contribution >= 4 is 27.2 Å². The summed E-state index contributed by atoms with van der Waals surface area (Å²) < 4.78 is 2.72. The Morgan fingerprint density at radius 3 is 3.00 bits per heavy atom. The van der Waals surface area contributed by atoms with Gasteiger partial charge in [-0.1, -0.05) is 6.92 Å². The lowest BCUT2D eigenvalue weighted by Crippen LogP contribution is -2.19. The van der Waals surface area contributed by atoms with Gasteiger partial charge < -0.3 is 4.57 Å². The summed E-state index contributed by atoms with van der Waals surface area (Å²) in [5, 5.41) is 2.70. The Morgan fingerprint density at radius 1 is 1.41 bits per heavy atom. The molecule has 0 saturated heterocycles. The molecule has 2 heterocycles. The van der Waals surface area contributed by atoms with Crippen molar-refractivity contribution < 1.29 is 4.79 Å². The molecule has 0 bridgehead atoms. The number of hydrogen-bond acceptors (Lipinski definition) is 3. The first-order chi connectivity index (χ1) is 8.22. The van der Waals surface area contributed by atoms with E-state index in [0.29, 0.717) is 19.4 Å². The molecule has 2 aromatic rings. The van der Waals surface area contributed by atoms with E-state index in [-0.39, 0.29) is 11.3 Å². The summed E-state index contributed by atoms with van der Waals surface area (Å²) in [5.41, 5.74) is 0.0488. The molecule has 0 aliphatic heterocycles. The molecule has 0 radical (unpaired) electrons. The number of pyridine rings is 1. The summed E-state index contributed by atoms with van der Waals surface area (Å²) in [4.78, 5) is 23.2. The van der Waals surface area contributed by atoms with Crippen LogP contribution in [0, 0.1) is 0 Å². The second-order valence-corrected chi connectivity index (χ2v) is 4.96. The number of fused-ring (bicyclic) bond motifs is 1. The Morgan fingerprint density at radius 2 is 2.24 bits per heavy atom. The van der Waals surface area contributed by atoms with E-state index in [4.69, 9.17) is 0 Å². The fourth-order valence-corrected chi connectivity index (χ4v) is 2.58. The highest BCUT2D eigenvalue weighted by molar-refractivity contribution is 7.17. The predicted molar refractivity (Wildman–Crippen MR) is 70.6 cm³/mol. The van der Waals surface area contributed by atoms with E-state index in [1.165, 1.54) is 0 Å². The molecule has 0 aliphatic carbocycles. The zero-order valence-corrected chi connectivity index (χ0v) is 10.6. The molecule has 3 nitrogen and oxygen atoms in total. The highest BCUT2D eigenvalue weighted by Crippen LogP contribution is 2.16. The number of ketones is 1. The van der Waals surface area contributed by atoms with Gasteiger partial charge in [-0.25, -0.2) is 0 Å². The summed E-state index contributed by atoms with van der Waals surface area (Å²) in [6.45, 7) is 2.49. The number of nitrogens with zero attached hydrogens (tertiary/aromatic N) is 1. The molecule has 2 rings (SSSR count). The number of aromatic nitrogens is 1. The van der Waals surface area contributed by atoms with Crippen molar-refractivity contribution in [3.63, 3.8) is 0 Å². The summed E-state index contributed by atoms with van der Waals surface area (Å²) in [5.74, 6) is 0.259. The Labute approximate surface area is 104 Å². The molecule has 90 valence electrons. The second-order valence-electron chi connectivity index (χ2n) is 4.01. The molecule has 2 aromatic heterocycles. The molecule has 0 spiro atoms. The summed E-state index contributed by atoms with van der Waals surface area (Å²) >= 11 is 1.58. The van der Waals surface area contributed by atoms with Crippen molar-refractivity contribution in [2.45, 2.75) is 32.7 Å². The quantitative estimate of drug-likeness (QED) is 0.817.